The van der Waals surface area contributed by atoms with Crippen molar-refractivity contribution >= 4 is 47.0 Å². The minimum atomic E-state index is -0.472. The molecule has 7 heteroatoms. The first-order valence-corrected chi connectivity index (χ1v) is 12.2. The number of hydrogen-bond acceptors (Lipinski definition) is 3. The van der Waals surface area contributed by atoms with Crippen LogP contribution in [0.15, 0.2) is 43.1 Å². The number of anilines is 1. The zero-order valence-corrected chi connectivity index (χ0v) is 15.7. The van der Waals surface area contributed by atoms with Gasteiger partial charge >= 0.3 is 35.3 Å². The molecule has 0 amide bonds. The summed E-state index contributed by atoms with van der Waals surface area (Å²) in [6, 6.07) is 7.72. The van der Waals surface area contributed by atoms with E-state index in [1.54, 1.807) is 6.20 Å². The standard InChI is InChI=1S/C14H16ClN3.2ClH.Pt/c1-2-6-16-8-9-18-13-5-7-17-14-10-11(15)3-4-12(13)14;;;/h2-5,7,10,16H,1,6,8-9H2,(H,17,18);2*1H;/q;;;+2/p-2. The maximum atomic E-state index is 5.95. The van der Waals surface area contributed by atoms with Gasteiger partial charge in [0.1, 0.15) is 0 Å². The van der Waals surface area contributed by atoms with Gasteiger partial charge in [0.05, 0.1) is 5.52 Å². The van der Waals surface area contributed by atoms with E-state index < -0.39 is 16.5 Å². The molecule has 2 rings (SSSR count). The van der Waals surface area contributed by atoms with Gasteiger partial charge in [-0.25, -0.2) is 0 Å². The van der Waals surface area contributed by atoms with Crippen LogP contribution < -0.4 is 10.6 Å². The van der Waals surface area contributed by atoms with Crippen molar-refractivity contribution in [3.8, 4) is 0 Å². The fourth-order valence-electron chi connectivity index (χ4n) is 1.77. The van der Waals surface area contributed by atoms with E-state index in [9.17, 15) is 0 Å². The van der Waals surface area contributed by atoms with Crippen LogP contribution in [0.1, 0.15) is 0 Å². The second-order valence-electron chi connectivity index (χ2n) is 3.98. The number of nitrogens with one attached hydrogen (secondary N) is 2. The van der Waals surface area contributed by atoms with Crippen LogP contribution in [0.2, 0.25) is 5.02 Å². The third kappa shape index (κ3) is 6.99. The zero-order chi connectivity index (χ0) is 15.5. The molecule has 118 valence electrons. The van der Waals surface area contributed by atoms with E-state index in [1.807, 2.05) is 30.3 Å². The van der Waals surface area contributed by atoms with Gasteiger partial charge in [0.15, 0.2) is 0 Å². The van der Waals surface area contributed by atoms with Gasteiger partial charge in [-0.2, -0.15) is 0 Å². The van der Waals surface area contributed by atoms with Crippen LogP contribution in [0.4, 0.5) is 5.69 Å². The zero-order valence-electron chi connectivity index (χ0n) is 11.2. The number of rotatable bonds is 6. The molecule has 0 fully saturated rings. The Balaban J connectivity index is 0.000000677. The predicted molar refractivity (Wildman–Crippen MR) is 90.0 cm³/mol. The van der Waals surface area contributed by atoms with Crippen molar-refractivity contribution in [2.75, 3.05) is 25.0 Å². The third-order valence-electron chi connectivity index (χ3n) is 2.61. The van der Waals surface area contributed by atoms with Gasteiger partial charge in [0, 0.05) is 41.9 Å². The minimum absolute atomic E-state index is 0.472. The molecule has 0 atom stereocenters. The van der Waals surface area contributed by atoms with Gasteiger partial charge in [-0.3, -0.25) is 4.98 Å². The summed E-state index contributed by atoms with van der Waals surface area (Å²) < 4.78 is 0. The van der Waals surface area contributed by atoms with E-state index >= 15 is 0 Å². The van der Waals surface area contributed by atoms with Gasteiger partial charge in [0.25, 0.3) is 0 Å². The summed E-state index contributed by atoms with van der Waals surface area (Å²) in [5, 5.41) is 8.43. The molecule has 0 bridgehead atoms. The van der Waals surface area contributed by atoms with Gasteiger partial charge in [-0.1, -0.05) is 17.7 Å². The summed E-state index contributed by atoms with van der Waals surface area (Å²) in [7, 11) is 9.75. The molecule has 0 saturated carbocycles. The first kappa shape index (κ1) is 18.7. The molecule has 3 nitrogen and oxygen atoms in total. The summed E-state index contributed by atoms with van der Waals surface area (Å²) in [5.74, 6) is 0. The second-order valence-corrected chi connectivity index (χ2v) is 7.70. The Labute approximate surface area is 146 Å². The first-order chi connectivity index (χ1) is 10.2. The summed E-state index contributed by atoms with van der Waals surface area (Å²) in [6.45, 7) is 6.24. The molecule has 0 radical (unpaired) electrons. The average molecular weight is 528 g/mol. The molecule has 0 unspecified atom stereocenters. The molecule has 2 aromatic rings. The molecule has 1 aromatic heterocycles. The molecule has 0 aliphatic rings. The number of nitrogens with zero attached hydrogens (tertiary/aromatic N) is 1. The van der Waals surface area contributed by atoms with Crippen molar-refractivity contribution in [3.05, 3.63) is 48.1 Å². The van der Waals surface area contributed by atoms with Crippen LogP contribution in [0.25, 0.3) is 10.9 Å². The first-order valence-electron chi connectivity index (χ1n) is 6.15. The molecule has 1 heterocycles. The fraction of sp³-hybridized carbons (Fsp3) is 0.214. The van der Waals surface area contributed by atoms with Crippen LogP contribution in [-0.4, -0.2) is 24.6 Å². The van der Waals surface area contributed by atoms with E-state index in [0.717, 1.165) is 36.2 Å². The Morgan fingerprint density at radius 1 is 1.24 bits per heavy atom. The Kier molecular flexibility index (Phi) is 10.1. The number of pyridine rings is 1. The summed E-state index contributed by atoms with van der Waals surface area (Å²) in [6.07, 6.45) is 3.64. The normalized spacial score (nSPS) is 10.0. The monoisotopic (exact) mass is 526 g/mol. The predicted octanol–water partition coefficient (Wildman–Crippen LogP) is 4.45. The molecule has 1 aromatic carbocycles. The summed E-state index contributed by atoms with van der Waals surface area (Å²) in [5.41, 5.74) is 1.99. The summed E-state index contributed by atoms with van der Waals surface area (Å²) >= 11 is 5.48. The molecule has 0 aliphatic heterocycles. The van der Waals surface area contributed by atoms with E-state index in [1.165, 1.54) is 0 Å². The quantitative estimate of drug-likeness (QED) is 0.431. The molecule has 21 heavy (non-hydrogen) atoms. The van der Waals surface area contributed by atoms with Crippen molar-refractivity contribution in [1.29, 1.82) is 0 Å². The van der Waals surface area contributed by atoms with Crippen molar-refractivity contribution in [3.63, 3.8) is 0 Å². The average Bonchev–Trinajstić information content (AvgIpc) is 2.47. The molecular weight excluding hydrogens is 512 g/mol. The Morgan fingerprint density at radius 2 is 2.00 bits per heavy atom. The van der Waals surface area contributed by atoms with Crippen LogP contribution in [-0.2, 0) is 16.5 Å². The molecule has 0 aliphatic carbocycles. The topological polar surface area (TPSA) is 37.0 Å². The van der Waals surface area contributed by atoms with Crippen molar-refractivity contribution in [2.45, 2.75) is 0 Å². The third-order valence-corrected chi connectivity index (χ3v) is 2.85. The molecule has 0 spiro atoms. The van der Waals surface area contributed by atoms with E-state index in [4.69, 9.17) is 30.4 Å². The maximum absolute atomic E-state index is 5.95. The number of benzene rings is 1. The van der Waals surface area contributed by atoms with Gasteiger partial charge in [0.2, 0.25) is 0 Å². The van der Waals surface area contributed by atoms with E-state index in [-0.39, 0.29) is 0 Å². The van der Waals surface area contributed by atoms with Crippen LogP contribution >= 0.6 is 30.4 Å². The number of aromatic nitrogens is 1. The van der Waals surface area contributed by atoms with Crippen molar-refractivity contribution in [2.24, 2.45) is 0 Å². The fourth-order valence-corrected chi connectivity index (χ4v) is 1.93. The Hall–Kier alpha value is -0.312. The number of hydrogen-bond donors (Lipinski definition) is 2. The summed E-state index contributed by atoms with van der Waals surface area (Å²) in [4.78, 5) is 4.31. The Morgan fingerprint density at radius 3 is 2.71 bits per heavy atom. The van der Waals surface area contributed by atoms with Crippen LogP contribution in [0, 0.1) is 0 Å². The second kappa shape index (κ2) is 11.3. The molecule has 2 N–H and O–H groups in total. The van der Waals surface area contributed by atoms with Gasteiger partial charge in [-0.05, 0) is 24.3 Å². The Bertz CT molecular complexity index is 566. The van der Waals surface area contributed by atoms with E-state index in [2.05, 4.69) is 22.2 Å². The van der Waals surface area contributed by atoms with Crippen molar-refractivity contribution in [1.82, 2.24) is 10.3 Å². The number of halogens is 3. The van der Waals surface area contributed by atoms with Crippen molar-refractivity contribution < 1.29 is 16.5 Å². The van der Waals surface area contributed by atoms with Gasteiger partial charge in [-0.15, -0.1) is 6.58 Å². The number of fused-ring (bicyclic) bond motifs is 1. The SMILES string of the molecule is C=CCNCCNc1ccnc2cc(Cl)ccc12.[Cl][Pt][Cl]. The van der Waals surface area contributed by atoms with E-state index in [0.29, 0.717) is 5.02 Å². The molecular formula is C14H16Cl3N3Pt. The van der Waals surface area contributed by atoms with Gasteiger partial charge < -0.3 is 10.6 Å². The van der Waals surface area contributed by atoms with Crippen LogP contribution in [0.3, 0.4) is 0 Å². The van der Waals surface area contributed by atoms with Crippen LogP contribution in [0.5, 0.6) is 0 Å². The molecule has 0 saturated heterocycles.